The maximum atomic E-state index is 12.5. The molecule has 7 heteroatoms. The molecular weight excluding hydrogens is 341 g/mol. The summed E-state index contributed by atoms with van der Waals surface area (Å²) >= 11 is 0. The number of aromatic nitrogens is 1. The molecule has 1 aromatic carbocycles. The summed E-state index contributed by atoms with van der Waals surface area (Å²) in [6.45, 7) is 1.03. The average Bonchev–Trinajstić information content (AvgIpc) is 2.99. The van der Waals surface area contributed by atoms with E-state index in [1.165, 1.54) is 12.1 Å². The molecule has 0 spiro atoms. The van der Waals surface area contributed by atoms with E-state index in [1.807, 2.05) is 41.9 Å². The summed E-state index contributed by atoms with van der Waals surface area (Å²) in [4.78, 5) is 6.18. The van der Waals surface area contributed by atoms with Gasteiger partial charge in [-0.1, -0.05) is 11.8 Å². The highest BCUT2D eigenvalue weighted by Crippen LogP contribution is 2.28. The van der Waals surface area contributed by atoms with Gasteiger partial charge in [0.2, 0.25) is 0 Å². The Morgan fingerprint density at radius 2 is 1.92 bits per heavy atom. The normalized spacial score (nSPS) is 11.7. The molecule has 0 fully saturated rings. The second-order valence-corrected chi connectivity index (χ2v) is 5.74. The van der Waals surface area contributed by atoms with Gasteiger partial charge < -0.3 is 14.8 Å². The number of alkyl halides is 3. The molecule has 0 saturated carbocycles. The van der Waals surface area contributed by atoms with Gasteiger partial charge >= 0.3 is 6.18 Å². The van der Waals surface area contributed by atoms with Gasteiger partial charge in [-0.25, -0.2) is 0 Å². The average molecular weight is 362 g/mol. The molecule has 4 nitrogen and oxygen atoms in total. The van der Waals surface area contributed by atoms with Gasteiger partial charge in [0.1, 0.15) is 0 Å². The quantitative estimate of drug-likeness (QED) is 0.517. The number of halogens is 3. The molecule has 2 aromatic rings. The van der Waals surface area contributed by atoms with E-state index in [9.17, 15) is 13.2 Å². The van der Waals surface area contributed by atoms with Crippen LogP contribution in [-0.2, 0) is 19.8 Å². The Kier molecular flexibility index (Phi) is 6.34. The Morgan fingerprint density at radius 3 is 2.46 bits per heavy atom. The number of guanidine groups is 1. The van der Waals surface area contributed by atoms with Gasteiger partial charge in [-0.3, -0.25) is 4.99 Å². The van der Waals surface area contributed by atoms with Crippen LogP contribution in [0.25, 0.3) is 0 Å². The van der Waals surface area contributed by atoms with Crippen molar-refractivity contribution in [3.8, 4) is 11.8 Å². The van der Waals surface area contributed by atoms with Crippen molar-refractivity contribution >= 4 is 5.96 Å². The molecule has 0 bridgehead atoms. The summed E-state index contributed by atoms with van der Waals surface area (Å²) in [5.41, 5.74) is 1.00. The third-order valence-corrected chi connectivity index (χ3v) is 3.80. The molecule has 0 radical (unpaired) electrons. The second kappa shape index (κ2) is 8.48. The number of hydrogen-bond acceptors (Lipinski definition) is 1. The number of rotatable bonds is 3. The molecule has 26 heavy (non-hydrogen) atoms. The lowest BCUT2D eigenvalue weighted by atomic mass is 10.1. The summed E-state index contributed by atoms with van der Waals surface area (Å²) in [5.74, 6) is 6.42. The molecule has 0 amide bonds. The number of nitrogens with one attached hydrogen (secondary N) is 1. The monoisotopic (exact) mass is 362 g/mol. The minimum absolute atomic E-state index is 0.338. The van der Waals surface area contributed by atoms with Gasteiger partial charge in [-0.05, 0) is 36.4 Å². The SMILES string of the molecule is CN=C(NCC#Cc1ccc(C(F)(F)F)cc1)N(C)Cc1cccn1C. The smallest absolute Gasteiger partial charge is 0.353 e. The fraction of sp³-hybridized carbons (Fsp3) is 0.316. The largest absolute Gasteiger partial charge is 0.416 e. The molecule has 138 valence electrons. The van der Waals surface area contributed by atoms with Gasteiger partial charge in [-0.15, -0.1) is 0 Å². The Morgan fingerprint density at radius 1 is 1.23 bits per heavy atom. The van der Waals surface area contributed by atoms with Crippen LogP contribution in [0, 0.1) is 11.8 Å². The lowest BCUT2D eigenvalue weighted by molar-refractivity contribution is -0.137. The molecular formula is C19H21F3N4. The number of hydrogen-bond donors (Lipinski definition) is 1. The van der Waals surface area contributed by atoms with Crippen molar-refractivity contribution in [3.63, 3.8) is 0 Å². The molecule has 2 rings (SSSR count). The van der Waals surface area contributed by atoms with E-state index in [0.29, 0.717) is 24.6 Å². The standard InChI is InChI=1S/C19H21F3N4/c1-23-18(26(3)14-17-7-5-13-25(17)2)24-12-4-6-15-8-10-16(11-9-15)19(20,21)22/h5,7-11,13H,12,14H2,1-3H3,(H,23,24). The van der Waals surface area contributed by atoms with Crippen LogP contribution in [0.4, 0.5) is 13.2 Å². The van der Waals surface area contributed by atoms with Crippen LogP contribution in [0.15, 0.2) is 47.6 Å². The van der Waals surface area contributed by atoms with E-state index >= 15 is 0 Å². The van der Waals surface area contributed by atoms with E-state index < -0.39 is 11.7 Å². The third-order valence-electron chi connectivity index (χ3n) is 3.80. The van der Waals surface area contributed by atoms with E-state index in [1.54, 1.807) is 7.05 Å². The van der Waals surface area contributed by atoms with Crippen LogP contribution < -0.4 is 5.32 Å². The first-order valence-electron chi connectivity index (χ1n) is 7.99. The van der Waals surface area contributed by atoms with Crippen LogP contribution in [0.1, 0.15) is 16.8 Å². The first kappa shape index (κ1) is 19.4. The highest BCUT2D eigenvalue weighted by atomic mass is 19.4. The highest BCUT2D eigenvalue weighted by Gasteiger charge is 2.29. The van der Waals surface area contributed by atoms with E-state index in [-0.39, 0.29) is 0 Å². The maximum absolute atomic E-state index is 12.5. The first-order valence-corrected chi connectivity index (χ1v) is 7.99. The molecule has 0 unspecified atom stereocenters. The molecule has 0 aliphatic rings. The lowest BCUT2D eigenvalue weighted by Crippen LogP contribution is -2.38. The zero-order valence-corrected chi connectivity index (χ0v) is 14.9. The van der Waals surface area contributed by atoms with Crippen LogP contribution in [-0.4, -0.2) is 36.1 Å². The molecule has 1 aromatic heterocycles. The number of nitrogens with zero attached hydrogens (tertiary/aromatic N) is 3. The Hall–Kier alpha value is -2.88. The molecule has 0 atom stereocenters. The van der Waals surface area contributed by atoms with E-state index in [2.05, 4.69) is 22.2 Å². The third kappa shape index (κ3) is 5.31. The van der Waals surface area contributed by atoms with Crippen LogP contribution in [0.2, 0.25) is 0 Å². The van der Waals surface area contributed by atoms with Gasteiger partial charge in [-0.2, -0.15) is 13.2 Å². The van der Waals surface area contributed by atoms with Crippen molar-refractivity contribution < 1.29 is 13.2 Å². The zero-order chi connectivity index (χ0) is 19.2. The van der Waals surface area contributed by atoms with Crippen molar-refractivity contribution in [2.45, 2.75) is 12.7 Å². The molecule has 0 aliphatic heterocycles. The number of benzene rings is 1. The van der Waals surface area contributed by atoms with Crippen molar-refractivity contribution in [2.24, 2.45) is 12.0 Å². The van der Waals surface area contributed by atoms with Crippen LogP contribution >= 0.6 is 0 Å². The number of aryl methyl sites for hydroxylation is 1. The summed E-state index contributed by atoms with van der Waals surface area (Å²) in [7, 11) is 5.59. The Balaban J connectivity index is 1.90. The molecule has 1 heterocycles. The van der Waals surface area contributed by atoms with E-state index in [0.717, 1.165) is 17.8 Å². The summed E-state index contributed by atoms with van der Waals surface area (Å²) < 4.78 is 39.6. The fourth-order valence-electron chi connectivity index (χ4n) is 2.38. The summed E-state index contributed by atoms with van der Waals surface area (Å²) in [6.07, 6.45) is -2.35. The van der Waals surface area contributed by atoms with Crippen molar-refractivity contribution in [1.29, 1.82) is 0 Å². The minimum Gasteiger partial charge on any atom is -0.353 e. The highest BCUT2D eigenvalue weighted by molar-refractivity contribution is 5.79. The second-order valence-electron chi connectivity index (χ2n) is 5.74. The maximum Gasteiger partial charge on any atom is 0.416 e. The minimum atomic E-state index is -4.33. The fourth-order valence-corrected chi connectivity index (χ4v) is 2.38. The van der Waals surface area contributed by atoms with Crippen molar-refractivity contribution in [1.82, 2.24) is 14.8 Å². The van der Waals surface area contributed by atoms with Crippen LogP contribution in [0.3, 0.4) is 0 Å². The topological polar surface area (TPSA) is 32.6 Å². The van der Waals surface area contributed by atoms with Gasteiger partial charge in [0, 0.05) is 38.6 Å². The molecule has 0 aliphatic carbocycles. The van der Waals surface area contributed by atoms with E-state index in [4.69, 9.17) is 0 Å². The van der Waals surface area contributed by atoms with Crippen molar-refractivity contribution in [3.05, 3.63) is 59.4 Å². The Labute approximate surface area is 151 Å². The molecule has 1 N–H and O–H groups in total. The van der Waals surface area contributed by atoms with Crippen molar-refractivity contribution in [2.75, 3.05) is 20.6 Å². The van der Waals surface area contributed by atoms with Gasteiger partial charge in [0.15, 0.2) is 5.96 Å². The Bertz CT molecular complexity index is 808. The molecule has 0 saturated heterocycles. The summed E-state index contributed by atoms with van der Waals surface area (Å²) in [5, 5.41) is 3.12. The lowest BCUT2D eigenvalue weighted by Gasteiger charge is -2.21. The van der Waals surface area contributed by atoms with Gasteiger partial charge in [0.25, 0.3) is 0 Å². The predicted octanol–water partition coefficient (Wildman–Crippen LogP) is 3.10. The van der Waals surface area contributed by atoms with Gasteiger partial charge in [0.05, 0.1) is 18.7 Å². The zero-order valence-electron chi connectivity index (χ0n) is 14.9. The summed E-state index contributed by atoms with van der Waals surface area (Å²) in [6, 6.07) is 8.81. The van der Waals surface area contributed by atoms with Crippen LogP contribution in [0.5, 0.6) is 0 Å². The first-order chi connectivity index (χ1) is 12.3. The predicted molar refractivity (Wildman–Crippen MR) is 96.6 cm³/mol. The number of aliphatic imine (C=N–C) groups is 1.